The average molecular weight is 521 g/mol. The highest BCUT2D eigenvalue weighted by Gasteiger charge is 2.31. The number of hydrogen-bond acceptors (Lipinski definition) is 6. The lowest BCUT2D eigenvalue weighted by atomic mass is 9.97. The molecule has 3 heterocycles. The fraction of sp³-hybridized carbons (Fsp3) is 0.542. The van der Waals surface area contributed by atoms with Crippen molar-refractivity contribution in [3.63, 3.8) is 0 Å². The Hall–Kier alpha value is -2.99. The van der Waals surface area contributed by atoms with Gasteiger partial charge in [-0.1, -0.05) is 0 Å². The number of aryl methyl sites for hydroxylation is 1. The minimum Gasteiger partial charge on any atom is -0.368 e. The van der Waals surface area contributed by atoms with Crippen molar-refractivity contribution in [2.45, 2.75) is 30.7 Å². The third-order valence-electron chi connectivity index (χ3n) is 6.78. The first kappa shape index (κ1) is 26.1. The molecular weight excluding hydrogens is 487 g/mol. The van der Waals surface area contributed by atoms with Crippen LogP contribution in [0.1, 0.15) is 25.7 Å². The van der Waals surface area contributed by atoms with Crippen molar-refractivity contribution in [2.24, 2.45) is 13.0 Å². The van der Waals surface area contributed by atoms with Gasteiger partial charge in [0.1, 0.15) is 5.82 Å². The molecule has 0 spiro atoms. The van der Waals surface area contributed by atoms with Gasteiger partial charge in [0.2, 0.25) is 11.8 Å². The lowest BCUT2D eigenvalue weighted by molar-refractivity contribution is -0.136. The van der Waals surface area contributed by atoms with Gasteiger partial charge in [-0.2, -0.15) is 4.31 Å². The summed E-state index contributed by atoms with van der Waals surface area (Å²) in [7, 11) is -2.14. The Kier molecular flexibility index (Phi) is 8.24. The van der Waals surface area contributed by atoms with E-state index < -0.39 is 10.0 Å². The van der Waals surface area contributed by atoms with E-state index in [1.807, 2.05) is 4.90 Å². The van der Waals surface area contributed by atoms with E-state index in [1.165, 1.54) is 29.0 Å². The van der Waals surface area contributed by atoms with Gasteiger partial charge >= 0.3 is 0 Å². The van der Waals surface area contributed by atoms with Gasteiger partial charge in [0.25, 0.3) is 10.0 Å². The molecule has 2 fully saturated rings. The normalized spacial score (nSPS) is 21.1. The summed E-state index contributed by atoms with van der Waals surface area (Å²) < 4.78 is 42.3. The van der Waals surface area contributed by atoms with Crippen LogP contribution >= 0.6 is 0 Å². The van der Waals surface area contributed by atoms with Crippen LogP contribution < -0.4 is 10.2 Å². The zero-order valence-electron chi connectivity index (χ0n) is 20.5. The number of imidazole rings is 1. The Morgan fingerprint density at radius 3 is 2.44 bits per heavy atom. The molecular formula is C24H33FN6O4S. The standard InChI is InChI=1S/C24H33FN6O4S/c1-28-17-23(27-18-28)36(34,35)31-11-2-3-19(8-10-26-22(32)9-12-31)24(33)30-15-13-29(14-16-30)21-6-4-20(25)5-7-21/h4-7,17-19H,2-3,8-16H2,1H3,(H,26,32). The van der Waals surface area contributed by atoms with Gasteiger partial charge in [-0.05, 0) is 43.5 Å². The van der Waals surface area contributed by atoms with Crippen LogP contribution in [0.2, 0.25) is 0 Å². The molecule has 2 aromatic rings. The average Bonchev–Trinajstić information content (AvgIpc) is 3.30. The van der Waals surface area contributed by atoms with E-state index in [9.17, 15) is 22.4 Å². The zero-order valence-corrected chi connectivity index (χ0v) is 21.3. The van der Waals surface area contributed by atoms with E-state index in [4.69, 9.17) is 0 Å². The molecule has 0 radical (unpaired) electrons. The Bertz CT molecular complexity index is 1160. The van der Waals surface area contributed by atoms with Gasteiger partial charge in [-0.15, -0.1) is 0 Å². The largest absolute Gasteiger partial charge is 0.368 e. The number of rotatable bonds is 4. The van der Waals surface area contributed by atoms with Crippen LogP contribution in [-0.4, -0.2) is 84.8 Å². The zero-order chi connectivity index (χ0) is 25.7. The van der Waals surface area contributed by atoms with Gasteiger partial charge in [-0.3, -0.25) is 9.59 Å². The summed E-state index contributed by atoms with van der Waals surface area (Å²) in [5.41, 5.74) is 0.926. The van der Waals surface area contributed by atoms with Gasteiger partial charge in [0, 0.05) is 77.1 Å². The lowest BCUT2D eigenvalue weighted by Crippen LogP contribution is -2.50. The summed E-state index contributed by atoms with van der Waals surface area (Å²) in [5.74, 6) is -0.795. The van der Waals surface area contributed by atoms with E-state index in [0.717, 1.165) is 5.69 Å². The fourth-order valence-electron chi connectivity index (χ4n) is 4.71. The molecule has 1 aromatic heterocycles. The second-order valence-electron chi connectivity index (χ2n) is 9.30. The Labute approximate surface area is 211 Å². The number of carbonyl (C=O) groups excluding carboxylic acids is 2. The highest BCUT2D eigenvalue weighted by atomic mass is 32.2. The first-order valence-corrected chi connectivity index (χ1v) is 13.7. The maximum absolute atomic E-state index is 13.4. The monoisotopic (exact) mass is 520 g/mol. The summed E-state index contributed by atoms with van der Waals surface area (Å²) in [6, 6.07) is 6.34. The second kappa shape index (κ2) is 11.4. The van der Waals surface area contributed by atoms with Crippen molar-refractivity contribution in [1.82, 2.24) is 24.1 Å². The number of nitrogens with zero attached hydrogens (tertiary/aromatic N) is 5. The molecule has 1 atom stereocenters. The van der Waals surface area contributed by atoms with E-state index >= 15 is 0 Å². The first-order valence-electron chi connectivity index (χ1n) is 12.3. The van der Waals surface area contributed by atoms with E-state index in [2.05, 4.69) is 15.2 Å². The summed E-state index contributed by atoms with van der Waals surface area (Å²) in [6.07, 6.45) is 4.47. The molecule has 2 amide bonds. The van der Waals surface area contributed by atoms with Gasteiger partial charge < -0.3 is 19.7 Å². The third kappa shape index (κ3) is 6.22. The predicted molar refractivity (Wildman–Crippen MR) is 132 cm³/mol. The molecule has 10 nitrogen and oxygen atoms in total. The van der Waals surface area contributed by atoms with Crippen LogP contribution in [0.4, 0.5) is 10.1 Å². The van der Waals surface area contributed by atoms with Gasteiger partial charge in [-0.25, -0.2) is 17.8 Å². The van der Waals surface area contributed by atoms with Gasteiger partial charge in [0.05, 0.1) is 6.33 Å². The van der Waals surface area contributed by atoms with Gasteiger partial charge in [0.15, 0.2) is 5.03 Å². The highest BCUT2D eigenvalue weighted by molar-refractivity contribution is 7.89. The van der Waals surface area contributed by atoms with Crippen molar-refractivity contribution in [1.29, 1.82) is 0 Å². The number of anilines is 1. The van der Waals surface area contributed by atoms with Crippen molar-refractivity contribution >= 4 is 27.5 Å². The molecule has 2 aliphatic heterocycles. The van der Waals surface area contributed by atoms with Crippen molar-refractivity contribution in [3.8, 4) is 0 Å². The number of halogens is 1. The predicted octanol–water partition coefficient (Wildman–Crippen LogP) is 1.21. The highest BCUT2D eigenvalue weighted by Crippen LogP contribution is 2.22. The number of aromatic nitrogens is 2. The molecule has 36 heavy (non-hydrogen) atoms. The lowest BCUT2D eigenvalue weighted by Gasteiger charge is -2.37. The number of benzene rings is 1. The molecule has 1 N–H and O–H groups in total. The third-order valence-corrected chi connectivity index (χ3v) is 8.57. The Morgan fingerprint density at radius 1 is 1.06 bits per heavy atom. The fourth-order valence-corrected chi connectivity index (χ4v) is 6.15. The summed E-state index contributed by atoms with van der Waals surface area (Å²) in [4.78, 5) is 33.6. The van der Waals surface area contributed by atoms with Crippen LogP contribution in [0.25, 0.3) is 0 Å². The van der Waals surface area contributed by atoms with E-state index in [1.54, 1.807) is 23.7 Å². The Balaban J connectivity index is 1.39. The molecule has 1 unspecified atom stereocenters. The molecule has 4 rings (SSSR count). The summed E-state index contributed by atoms with van der Waals surface area (Å²) >= 11 is 0. The topological polar surface area (TPSA) is 108 Å². The smallest absolute Gasteiger partial charge is 0.262 e. The molecule has 2 aliphatic rings. The van der Waals surface area contributed by atoms with Crippen LogP contribution in [0, 0.1) is 11.7 Å². The van der Waals surface area contributed by atoms with Crippen LogP contribution in [0.15, 0.2) is 41.8 Å². The van der Waals surface area contributed by atoms with E-state index in [0.29, 0.717) is 52.0 Å². The SMILES string of the molecule is Cn1cnc(S(=O)(=O)N2CCCC(C(=O)N3CCN(c4ccc(F)cc4)CC3)CCNC(=O)CC2)c1. The van der Waals surface area contributed by atoms with Crippen LogP contribution in [-0.2, 0) is 26.7 Å². The minimum atomic E-state index is -3.84. The number of sulfonamides is 1. The maximum atomic E-state index is 13.4. The molecule has 196 valence electrons. The minimum absolute atomic E-state index is 0.0291. The summed E-state index contributed by atoms with van der Waals surface area (Å²) in [6.45, 7) is 3.06. The molecule has 0 bridgehead atoms. The number of amides is 2. The summed E-state index contributed by atoms with van der Waals surface area (Å²) in [5, 5.41) is 2.78. The second-order valence-corrected chi connectivity index (χ2v) is 11.2. The molecule has 1 aromatic carbocycles. The number of nitrogens with one attached hydrogen (secondary N) is 1. The number of carbonyl (C=O) groups is 2. The van der Waals surface area contributed by atoms with Crippen molar-refractivity contribution in [2.75, 3.05) is 50.7 Å². The first-order chi connectivity index (χ1) is 17.2. The maximum Gasteiger partial charge on any atom is 0.262 e. The number of piperazine rings is 1. The van der Waals surface area contributed by atoms with Crippen molar-refractivity contribution in [3.05, 3.63) is 42.6 Å². The molecule has 12 heteroatoms. The Morgan fingerprint density at radius 2 is 1.78 bits per heavy atom. The molecule has 2 saturated heterocycles. The van der Waals surface area contributed by atoms with Crippen LogP contribution in [0.3, 0.4) is 0 Å². The van der Waals surface area contributed by atoms with E-state index in [-0.39, 0.29) is 48.1 Å². The van der Waals surface area contributed by atoms with Crippen LogP contribution in [0.5, 0.6) is 0 Å². The van der Waals surface area contributed by atoms with Crippen molar-refractivity contribution < 1.29 is 22.4 Å². The molecule has 0 aliphatic carbocycles. The quantitative estimate of drug-likeness (QED) is 0.649. The molecule has 0 saturated carbocycles. The number of hydrogen-bond donors (Lipinski definition) is 1.